The van der Waals surface area contributed by atoms with Crippen LogP contribution in [0.5, 0.6) is 0 Å². The van der Waals surface area contributed by atoms with Crippen LogP contribution in [0.15, 0.2) is 41.6 Å². The summed E-state index contributed by atoms with van der Waals surface area (Å²) in [5, 5.41) is 14.6. The van der Waals surface area contributed by atoms with E-state index in [1.807, 2.05) is 0 Å². The van der Waals surface area contributed by atoms with Crippen molar-refractivity contribution in [3.05, 3.63) is 42.2 Å². The number of benzene rings is 1. The summed E-state index contributed by atoms with van der Waals surface area (Å²) in [7, 11) is -3.71. The van der Waals surface area contributed by atoms with Crippen LogP contribution in [0.4, 0.5) is 5.69 Å². The average molecular weight is 252 g/mol. The molecule has 0 aliphatic heterocycles. The molecule has 0 unspecified atom stereocenters. The zero-order valence-electron chi connectivity index (χ0n) is 8.92. The zero-order chi connectivity index (χ0) is 12.3. The zero-order valence-corrected chi connectivity index (χ0v) is 9.74. The summed E-state index contributed by atoms with van der Waals surface area (Å²) in [4.78, 5) is 0.0866. The van der Waals surface area contributed by atoms with Crippen LogP contribution in [-0.4, -0.2) is 18.6 Å². The van der Waals surface area contributed by atoms with Crippen molar-refractivity contribution in [2.45, 2.75) is 11.4 Å². The van der Waals surface area contributed by atoms with E-state index in [1.165, 1.54) is 6.07 Å². The third-order valence-electron chi connectivity index (χ3n) is 2.23. The van der Waals surface area contributed by atoms with E-state index in [0.717, 1.165) is 5.56 Å². The molecule has 1 aromatic carbocycles. The minimum absolute atomic E-state index is 0.0866. The second kappa shape index (κ2) is 4.56. The van der Waals surface area contributed by atoms with E-state index in [1.54, 1.807) is 30.6 Å². The first kappa shape index (κ1) is 11.6. The third kappa shape index (κ3) is 2.83. The molecule has 0 fully saturated rings. The maximum absolute atomic E-state index is 11.3. The quantitative estimate of drug-likeness (QED) is 0.744. The summed E-state index contributed by atoms with van der Waals surface area (Å²) in [6.07, 6.45) is 3.39. The molecule has 2 rings (SSSR count). The molecule has 0 aliphatic carbocycles. The number of hydrogen-bond acceptors (Lipinski definition) is 4. The fourth-order valence-electron chi connectivity index (χ4n) is 1.43. The lowest BCUT2D eigenvalue weighted by atomic mass is 10.3. The second-order valence-electron chi connectivity index (χ2n) is 3.50. The predicted molar refractivity (Wildman–Crippen MR) is 63.7 cm³/mol. The van der Waals surface area contributed by atoms with Crippen LogP contribution in [0.1, 0.15) is 5.56 Å². The van der Waals surface area contributed by atoms with Crippen molar-refractivity contribution in [3.63, 3.8) is 0 Å². The highest BCUT2D eigenvalue weighted by molar-refractivity contribution is 7.89. The van der Waals surface area contributed by atoms with Gasteiger partial charge in [0.1, 0.15) is 4.90 Å². The molecule has 0 spiro atoms. The van der Waals surface area contributed by atoms with Gasteiger partial charge in [-0.1, -0.05) is 12.1 Å². The number of para-hydroxylation sites is 1. The Labute approximate surface area is 98.9 Å². The van der Waals surface area contributed by atoms with E-state index in [2.05, 4.69) is 15.5 Å². The van der Waals surface area contributed by atoms with Gasteiger partial charge in [-0.15, -0.1) is 0 Å². The summed E-state index contributed by atoms with van der Waals surface area (Å²) >= 11 is 0. The lowest BCUT2D eigenvalue weighted by Crippen LogP contribution is -2.14. The first-order valence-electron chi connectivity index (χ1n) is 4.91. The number of primary sulfonamides is 1. The number of nitrogens with one attached hydrogen (secondary N) is 2. The van der Waals surface area contributed by atoms with Gasteiger partial charge in [-0.3, -0.25) is 5.10 Å². The van der Waals surface area contributed by atoms with Crippen LogP contribution in [0.25, 0.3) is 0 Å². The van der Waals surface area contributed by atoms with Gasteiger partial charge >= 0.3 is 0 Å². The molecule has 0 bridgehead atoms. The van der Waals surface area contributed by atoms with E-state index < -0.39 is 10.0 Å². The molecular formula is C10H12N4O2S. The lowest BCUT2D eigenvalue weighted by molar-refractivity contribution is 0.598. The topological polar surface area (TPSA) is 101 Å². The lowest BCUT2D eigenvalue weighted by Gasteiger charge is -2.09. The Hall–Kier alpha value is -1.86. The van der Waals surface area contributed by atoms with Crippen LogP contribution in [-0.2, 0) is 16.6 Å². The standard InChI is InChI=1S/C10H12N4O2S/c11-17(15,16)10-4-2-1-3-9(10)12-5-8-6-13-14-7-8/h1-4,6-7,12H,5H2,(H,13,14)(H2,11,15,16). The first-order chi connectivity index (χ1) is 8.07. The monoisotopic (exact) mass is 252 g/mol. The molecule has 0 saturated heterocycles. The van der Waals surface area contributed by atoms with Gasteiger partial charge in [0.25, 0.3) is 0 Å². The van der Waals surface area contributed by atoms with Gasteiger partial charge in [0.2, 0.25) is 10.0 Å². The average Bonchev–Trinajstić information content (AvgIpc) is 2.78. The van der Waals surface area contributed by atoms with E-state index in [4.69, 9.17) is 5.14 Å². The Bertz CT molecular complexity index is 593. The minimum Gasteiger partial charge on any atom is -0.380 e. The largest absolute Gasteiger partial charge is 0.380 e. The highest BCUT2D eigenvalue weighted by atomic mass is 32.2. The van der Waals surface area contributed by atoms with E-state index in [0.29, 0.717) is 12.2 Å². The molecule has 0 saturated carbocycles. The number of H-pyrrole nitrogens is 1. The van der Waals surface area contributed by atoms with Crippen molar-refractivity contribution < 1.29 is 8.42 Å². The van der Waals surface area contributed by atoms with E-state index >= 15 is 0 Å². The summed E-state index contributed by atoms with van der Waals surface area (Å²) in [5.74, 6) is 0. The molecular weight excluding hydrogens is 240 g/mol. The maximum atomic E-state index is 11.3. The fourth-order valence-corrected chi connectivity index (χ4v) is 2.15. The van der Waals surface area contributed by atoms with Gasteiger partial charge in [0, 0.05) is 18.3 Å². The summed E-state index contributed by atoms with van der Waals surface area (Å²) in [6.45, 7) is 0.475. The number of nitrogens with zero attached hydrogens (tertiary/aromatic N) is 1. The van der Waals surface area contributed by atoms with Crippen molar-refractivity contribution in [2.24, 2.45) is 5.14 Å². The predicted octanol–water partition coefficient (Wildman–Crippen LogP) is 0.669. The van der Waals surface area contributed by atoms with Crippen molar-refractivity contribution in [3.8, 4) is 0 Å². The Morgan fingerprint density at radius 2 is 2.12 bits per heavy atom. The maximum Gasteiger partial charge on any atom is 0.240 e. The van der Waals surface area contributed by atoms with Gasteiger partial charge in [-0.25, -0.2) is 13.6 Å². The Morgan fingerprint density at radius 3 is 2.76 bits per heavy atom. The molecule has 0 radical (unpaired) electrons. The van der Waals surface area contributed by atoms with Gasteiger partial charge in [-0.05, 0) is 12.1 Å². The van der Waals surface area contributed by atoms with Crippen LogP contribution in [0.3, 0.4) is 0 Å². The molecule has 17 heavy (non-hydrogen) atoms. The third-order valence-corrected chi connectivity index (χ3v) is 3.20. The van der Waals surface area contributed by atoms with Gasteiger partial charge in [-0.2, -0.15) is 5.10 Å². The minimum atomic E-state index is -3.71. The molecule has 7 heteroatoms. The van der Waals surface area contributed by atoms with Crippen molar-refractivity contribution in [1.29, 1.82) is 0 Å². The summed E-state index contributed by atoms with van der Waals surface area (Å²) < 4.78 is 22.7. The smallest absolute Gasteiger partial charge is 0.240 e. The van der Waals surface area contributed by atoms with Crippen molar-refractivity contribution >= 4 is 15.7 Å². The Balaban J connectivity index is 2.22. The SMILES string of the molecule is NS(=O)(=O)c1ccccc1NCc1cn[nH]c1. The van der Waals surface area contributed by atoms with Crippen LogP contribution in [0.2, 0.25) is 0 Å². The number of aromatic amines is 1. The van der Waals surface area contributed by atoms with Gasteiger partial charge < -0.3 is 5.32 Å². The fraction of sp³-hybridized carbons (Fsp3) is 0.100. The number of sulfonamides is 1. The number of anilines is 1. The molecule has 0 atom stereocenters. The molecule has 1 heterocycles. The summed E-state index contributed by atoms with van der Waals surface area (Å²) in [6, 6.07) is 6.50. The first-order valence-corrected chi connectivity index (χ1v) is 6.45. The van der Waals surface area contributed by atoms with Crippen LogP contribution >= 0.6 is 0 Å². The Morgan fingerprint density at radius 1 is 1.35 bits per heavy atom. The second-order valence-corrected chi connectivity index (χ2v) is 5.03. The molecule has 0 aliphatic rings. The van der Waals surface area contributed by atoms with Crippen LogP contribution in [0, 0.1) is 0 Å². The molecule has 1 aromatic heterocycles. The number of aromatic nitrogens is 2. The van der Waals surface area contributed by atoms with Gasteiger partial charge in [0.05, 0.1) is 11.9 Å². The number of hydrogen-bond donors (Lipinski definition) is 3. The molecule has 0 amide bonds. The number of nitrogens with two attached hydrogens (primary N) is 1. The molecule has 2 aromatic rings. The normalized spacial score (nSPS) is 11.4. The molecule has 6 nitrogen and oxygen atoms in total. The molecule has 90 valence electrons. The van der Waals surface area contributed by atoms with E-state index in [9.17, 15) is 8.42 Å². The number of rotatable bonds is 4. The Kier molecular flexibility index (Phi) is 3.12. The van der Waals surface area contributed by atoms with E-state index in [-0.39, 0.29) is 4.90 Å². The van der Waals surface area contributed by atoms with Crippen LogP contribution < -0.4 is 10.5 Å². The highest BCUT2D eigenvalue weighted by Gasteiger charge is 2.12. The summed E-state index contributed by atoms with van der Waals surface area (Å²) in [5.41, 5.74) is 1.41. The van der Waals surface area contributed by atoms with Gasteiger partial charge in [0.15, 0.2) is 0 Å². The highest BCUT2D eigenvalue weighted by Crippen LogP contribution is 2.19. The van der Waals surface area contributed by atoms with Crippen molar-refractivity contribution in [2.75, 3.05) is 5.32 Å². The molecule has 4 N–H and O–H groups in total. The van der Waals surface area contributed by atoms with Crippen molar-refractivity contribution in [1.82, 2.24) is 10.2 Å².